The number of hydrogen-bond acceptors (Lipinski definition) is 5. The molecule has 0 spiro atoms. The van der Waals surface area contributed by atoms with Gasteiger partial charge in [-0.25, -0.2) is 4.39 Å². The van der Waals surface area contributed by atoms with Crippen LogP contribution in [0.2, 0.25) is 0 Å². The number of piperazine rings is 1. The first-order valence-corrected chi connectivity index (χ1v) is 11.2. The number of carbonyl (C=O) groups excluding carboxylic acids is 2. The van der Waals surface area contributed by atoms with Gasteiger partial charge in [0, 0.05) is 25.7 Å². The summed E-state index contributed by atoms with van der Waals surface area (Å²) in [6.07, 6.45) is 3.04. The van der Waals surface area contributed by atoms with E-state index < -0.39 is 12.1 Å². The molecule has 8 heteroatoms. The van der Waals surface area contributed by atoms with E-state index in [9.17, 15) is 19.2 Å². The first-order valence-electron chi connectivity index (χ1n) is 11.2. The Hall–Kier alpha value is -2.50. The van der Waals surface area contributed by atoms with Crippen LogP contribution in [-0.2, 0) is 16.0 Å². The number of fused-ring (bicyclic) bond motifs is 3. The number of nitrogens with zero attached hydrogens (tertiary/aromatic N) is 4. The number of aryl methyl sites for hydroxylation is 1. The molecule has 2 bridgehead atoms. The molecule has 0 aromatic heterocycles. The smallest absolute Gasteiger partial charge is 0.241 e. The summed E-state index contributed by atoms with van der Waals surface area (Å²) in [7, 11) is 0. The molecule has 164 valence electrons. The maximum Gasteiger partial charge on any atom is 0.241 e. The lowest BCUT2D eigenvalue weighted by atomic mass is 10.1. The Labute approximate surface area is 181 Å². The number of nitriles is 1. The van der Waals surface area contributed by atoms with Gasteiger partial charge in [-0.1, -0.05) is 13.0 Å². The number of hydrogen-bond donors (Lipinski definition) is 1. The van der Waals surface area contributed by atoms with Crippen molar-refractivity contribution in [1.29, 1.82) is 5.26 Å². The number of benzene rings is 1. The second-order valence-corrected chi connectivity index (χ2v) is 9.59. The number of amides is 2. The number of halogens is 1. The van der Waals surface area contributed by atoms with Crippen molar-refractivity contribution in [3.8, 4) is 6.07 Å². The second kappa shape index (κ2) is 7.57. The lowest BCUT2D eigenvalue weighted by molar-refractivity contribution is -0.141. The molecule has 4 aliphatic rings. The molecule has 1 aliphatic carbocycles. The van der Waals surface area contributed by atoms with Gasteiger partial charge in [0.2, 0.25) is 11.8 Å². The van der Waals surface area contributed by atoms with Crippen LogP contribution in [0, 0.1) is 23.1 Å². The average molecular weight is 426 g/mol. The number of carbonyl (C=O) groups is 2. The minimum Gasteiger partial charge on any atom is -0.330 e. The lowest BCUT2D eigenvalue weighted by Gasteiger charge is -2.38. The van der Waals surface area contributed by atoms with Crippen LogP contribution in [0.5, 0.6) is 0 Å². The zero-order chi connectivity index (χ0) is 21.9. The van der Waals surface area contributed by atoms with Crippen LogP contribution in [0.1, 0.15) is 43.4 Å². The molecule has 2 N–H and O–H groups in total. The number of nitrogens with two attached hydrogens (primary N) is 1. The maximum atomic E-state index is 13.6. The Balaban J connectivity index is 1.25. The van der Waals surface area contributed by atoms with Crippen molar-refractivity contribution in [2.75, 3.05) is 19.6 Å². The highest BCUT2D eigenvalue weighted by atomic mass is 19.1. The number of likely N-dealkylation sites (tertiary alicyclic amines) is 3. The predicted molar refractivity (Wildman–Crippen MR) is 111 cm³/mol. The minimum absolute atomic E-state index is 0.0121. The molecule has 31 heavy (non-hydrogen) atoms. The van der Waals surface area contributed by atoms with Crippen LogP contribution in [0.15, 0.2) is 18.2 Å². The van der Waals surface area contributed by atoms with E-state index in [1.54, 1.807) is 11.0 Å². The third-order valence-electron chi connectivity index (χ3n) is 7.49. The highest BCUT2D eigenvalue weighted by Crippen LogP contribution is 2.44. The van der Waals surface area contributed by atoms with Crippen LogP contribution in [0.3, 0.4) is 0 Å². The van der Waals surface area contributed by atoms with Gasteiger partial charge in [-0.05, 0) is 54.9 Å². The molecule has 5 unspecified atom stereocenters. The topological polar surface area (TPSA) is 93.7 Å². The molecule has 3 saturated heterocycles. The molecule has 3 heterocycles. The molecule has 2 amide bonds. The summed E-state index contributed by atoms with van der Waals surface area (Å²) in [4.78, 5) is 31.7. The summed E-state index contributed by atoms with van der Waals surface area (Å²) < 4.78 is 13.6. The Bertz CT molecular complexity index is 962. The summed E-state index contributed by atoms with van der Waals surface area (Å²) >= 11 is 0. The number of rotatable bonds is 4. The fourth-order valence-electron chi connectivity index (χ4n) is 6.11. The third-order valence-corrected chi connectivity index (χ3v) is 7.49. The summed E-state index contributed by atoms with van der Waals surface area (Å²) in [5.41, 5.74) is 8.31. The molecule has 0 radical (unpaired) electrons. The van der Waals surface area contributed by atoms with Crippen molar-refractivity contribution in [3.05, 3.63) is 35.1 Å². The predicted octanol–water partition coefficient (Wildman–Crippen LogP) is 1.19. The molecule has 5 rings (SSSR count). The van der Waals surface area contributed by atoms with Crippen molar-refractivity contribution in [2.45, 2.75) is 62.8 Å². The van der Waals surface area contributed by atoms with Gasteiger partial charge in [-0.3, -0.25) is 14.5 Å². The SMILES string of the molecule is CC1CC(C#N)N(C(=O)C(N)CN2C[C@@H]3CC2C(=O)N3C2CCc3cc(F)ccc32)C1. The molecule has 7 nitrogen and oxygen atoms in total. The fourth-order valence-corrected chi connectivity index (χ4v) is 6.11. The second-order valence-electron chi connectivity index (χ2n) is 9.59. The summed E-state index contributed by atoms with van der Waals surface area (Å²) in [5.74, 6) is -0.0523. The Morgan fingerprint density at radius 2 is 2.13 bits per heavy atom. The van der Waals surface area contributed by atoms with Crippen LogP contribution in [0.25, 0.3) is 0 Å². The van der Waals surface area contributed by atoms with Crippen LogP contribution < -0.4 is 5.73 Å². The highest BCUT2D eigenvalue weighted by molar-refractivity contribution is 5.87. The summed E-state index contributed by atoms with van der Waals surface area (Å²) in [6.45, 7) is 3.62. The van der Waals surface area contributed by atoms with Gasteiger partial charge in [-0.2, -0.15) is 5.26 Å². The van der Waals surface area contributed by atoms with E-state index in [2.05, 4.69) is 6.07 Å². The largest absolute Gasteiger partial charge is 0.330 e. The van der Waals surface area contributed by atoms with Crippen molar-refractivity contribution in [3.63, 3.8) is 0 Å². The highest BCUT2D eigenvalue weighted by Gasteiger charge is 2.53. The van der Waals surface area contributed by atoms with E-state index in [0.717, 1.165) is 30.4 Å². The van der Waals surface area contributed by atoms with E-state index in [1.807, 2.05) is 22.8 Å². The molecule has 1 aromatic carbocycles. The van der Waals surface area contributed by atoms with Gasteiger partial charge < -0.3 is 15.5 Å². The van der Waals surface area contributed by atoms with E-state index in [1.165, 1.54) is 6.07 Å². The monoisotopic (exact) mass is 425 g/mol. The van der Waals surface area contributed by atoms with Gasteiger partial charge in [0.1, 0.15) is 11.9 Å². The Kier molecular flexibility index (Phi) is 4.98. The van der Waals surface area contributed by atoms with Gasteiger partial charge in [0.15, 0.2) is 0 Å². The fraction of sp³-hybridized carbons (Fsp3) is 0.609. The molecule has 1 aromatic rings. The van der Waals surface area contributed by atoms with Crippen molar-refractivity contribution >= 4 is 11.8 Å². The van der Waals surface area contributed by atoms with Gasteiger partial charge in [-0.15, -0.1) is 0 Å². The van der Waals surface area contributed by atoms with Crippen molar-refractivity contribution in [1.82, 2.24) is 14.7 Å². The van der Waals surface area contributed by atoms with Crippen LogP contribution >= 0.6 is 0 Å². The first-order chi connectivity index (χ1) is 14.9. The summed E-state index contributed by atoms with van der Waals surface area (Å²) in [6, 6.07) is 5.79. The van der Waals surface area contributed by atoms with Gasteiger partial charge in [0.05, 0.1) is 24.2 Å². The van der Waals surface area contributed by atoms with E-state index >= 15 is 0 Å². The molecular formula is C23H28FN5O2. The molecular weight excluding hydrogens is 397 g/mol. The van der Waals surface area contributed by atoms with Crippen molar-refractivity contribution < 1.29 is 14.0 Å². The van der Waals surface area contributed by atoms with Crippen LogP contribution in [-0.4, -0.2) is 70.3 Å². The van der Waals surface area contributed by atoms with Crippen LogP contribution in [0.4, 0.5) is 4.39 Å². The third kappa shape index (κ3) is 3.31. The molecule has 3 aliphatic heterocycles. The average Bonchev–Trinajstić information content (AvgIpc) is 3.49. The Morgan fingerprint density at radius 1 is 1.32 bits per heavy atom. The molecule has 0 saturated carbocycles. The molecule has 6 atom stereocenters. The van der Waals surface area contributed by atoms with Crippen molar-refractivity contribution in [2.24, 2.45) is 11.7 Å². The normalized spacial score (nSPS) is 33.1. The zero-order valence-electron chi connectivity index (χ0n) is 17.7. The summed E-state index contributed by atoms with van der Waals surface area (Å²) in [5, 5.41) is 9.34. The van der Waals surface area contributed by atoms with E-state index in [4.69, 9.17) is 5.73 Å². The standard InChI is InChI=1S/C23H28FN5O2/c1-13-6-16(9-25)28(10-13)22(30)19(26)12-27-11-17-8-21(27)23(31)29(17)20-5-2-14-7-15(24)3-4-18(14)20/h3-4,7,13,16-17,19-21H,2,5-6,8,10-12,26H2,1H3/t13?,16?,17-,19?,20?,21?/m0/s1. The minimum atomic E-state index is -0.739. The van der Waals surface area contributed by atoms with E-state index in [0.29, 0.717) is 32.0 Å². The van der Waals surface area contributed by atoms with Gasteiger partial charge in [0.25, 0.3) is 0 Å². The molecule has 3 fully saturated rings. The first kappa shape index (κ1) is 20.4. The van der Waals surface area contributed by atoms with E-state index in [-0.39, 0.29) is 35.8 Å². The lowest BCUT2D eigenvalue weighted by Crippen LogP contribution is -2.56. The maximum absolute atomic E-state index is 13.6. The Morgan fingerprint density at radius 3 is 2.87 bits per heavy atom. The van der Waals surface area contributed by atoms with Gasteiger partial charge >= 0.3 is 0 Å². The zero-order valence-corrected chi connectivity index (χ0v) is 17.7. The quantitative estimate of drug-likeness (QED) is 0.782.